The van der Waals surface area contributed by atoms with Crippen molar-refractivity contribution in [1.82, 2.24) is 15.5 Å². The SMILES string of the molecule is CNC(C)Cc1noc(-c2ccc3c(c2)Cc2ccccc2-3)n1. The van der Waals surface area contributed by atoms with Crippen LogP contribution in [0.4, 0.5) is 0 Å². The van der Waals surface area contributed by atoms with E-state index in [4.69, 9.17) is 4.52 Å². The van der Waals surface area contributed by atoms with Gasteiger partial charge in [0.1, 0.15) is 0 Å². The molecule has 4 nitrogen and oxygen atoms in total. The third kappa shape index (κ3) is 2.55. The Bertz CT molecular complexity index is 853. The number of hydrogen-bond acceptors (Lipinski definition) is 4. The monoisotopic (exact) mass is 305 g/mol. The first-order valence-electron chi connectivity index (χ1n) is 7.96. The molecule has 1 unspecified atom stereocenters. The molecule has 1 aromatic heterocycles. The minimum absolute atomic E-state index is 0.329. The maximum absolute atomic E-state index is 5.44. The summed E-state index contributed by atoms with van der Waals surface area (Å²) in [6, 6.07) is 15.3. The van der Waals surface area contributed by atoms with Crippen molar-refractivity contribution < 1.29 is 4.52 Å². The lowest BCUT2D eigenvalue weighted by Crippen LogP contribution is -2.24. The van der Waals surface area contributed by atoms with E-state index in [1.165, 1.54) is 22.3 Å². The Morgan fingerprint density at radius 2 is 1.96 bits per heavy atom. The standard InChI is InChI=1S/C19H19N3O/c1-12(20-2)9-18-21-19(23-22-18)14-7-8-17-15(11-14)10-13-5-3-4-6-16(13)17/h3-8,11-12,20H,9-10H2,1-2H3. The Kier molecular flexibility index (Phi) is 3.46. The van der Waals surface area contributed by atoms with Gasteiger partial charge in [0.2, 0.25) is 0 Å². The van der Waals surface area contributed by atoms with Gasteiger partial charge < -0.3 is 9.84 Å². The molecule has 116 valence electrons. The summed E-state index contributed by atoms with van der Waals surface area (Å²) in [7, 11) is 1.93. The molecular formula is C19H19N3O. The van der Waals surface area contributed by atoms with E-state index in [0.717, 1.165) is 24.2 Å². The van der Waals surface area contributed by atoms with Crippen molar-refractivity contribution in [3.05, 3.63) is 59.4 Å². The number of hydrogen-bond donors (Lipinski definition) is 1. The molecule has 3 aromatic rings. The Balaban J connectivity index is 1.64. The summed E-state index contributed by atoms with van der Waals surface area (Å²) in [5.41, 5.74) is 6.35. The third-order valence-corrected chi connectivity index (χ3v) is 4.49. The quantitative estimate of drug-likeness (QED) is 0.627. The number of benzene rings is 2. The topological polar surface area (TPSA) is 51.0 Å². The van der Waals surface area contributed by atoms with Crippen LogP contribution >= 0.6 is 0 Å². The molecule has 4 rings (SSSR count). The van der Waals surface area contributed by atoms with Crippen LogP contribution in [-0.4, -0.2) is 23.2 Å². The number of fused-ring (bicyclic) bond motifs is 3. The van der Waals surface area contributed by atoms with E-state index in [9.17, 15) is 0 Å². The summed E-state index contributed by atoms with van der Waals surface area (Å²) < 4.78 is 5.44. The van der Waals surface area contributed by atoms with Gasteiger partial charge in [0, 0.05) is 18.0 Å². The van der Waals surface area contributed by atoms with Crippen LogP contribution in [0.25, 0.3) is 22.6 Å². The summed E-state index contributed by atoms with van der Waals surface area (Å²) in [5.74, 6) is 1.34. The fraction of sp³-hybridized carbons (Fsp3) is 0.263. The molecule has 2 aromatic carbocycles. The highest BCUT2D eigenvalue weighted by Crippen LogP contribution is 2.38. The van der Waals surface area contributed by atoms with Crippen LogP contribution < -0.4 is 5.32 Å². The second-order valence-electron chi connectivity index (χ2n) is 6.12. The van der Waals surface area contributed by atoms with Gasteiger partial charge in [0.05, 0.1) is 0 Å². The van der Waals surface area contributed by atoms with Crippen LogP contribution in [0.2, 0.25) is 0 Å². The normalized spacial score (nSPS) is 13.7. The minimum Gasteiger partial charge on any atom is -0.334 e. The highest BCUT2D eigenvalue weighted by molar-refractivity contribution is 5.79. The van der Waals surface area contributed by atoms with Gasteiger partial charge in [-0.3, -0.25) is 0 Å². The zero-order valence-electron chi connectivity index (χ0n) is 13.3. The molecule has 1 aliphatic rings. The van der Waals surface area contributed by atoms with Gasteiger partial charge in [0.25, 0.3) is 5.89 Å². The van der Waals surface area contributed by atoms with Crippen LogP contribution in [0.1, 0.15) is 23.9 Å². The summed E-state index contributed by atoms with van der Waals surface area (Å²) >= 11 is 0. The van der Waals surface area contributed by atoms with Crippen LogP contribution in [0.5, 0.6) is 0 Å². The Labute approximate surface area is 135 Å². The molecule has 23 heavy (non-hydrogen) atoms. The molecule has 0 saturated carbocycles. The van der Waals surface area contributed by atoms with E-state index in [-0.39, 0.29) is 0 Å². The van der Waals surface area contributed by atoms with Crippen molar-refractivity contribution >= 4 is 0 Å². The predicted molar refractivity (Wildman–Crippen MR) is 90.2 cm³/mol. The smallest absolute Gasteiger partial charge is 0.257 e. The summed E-state index contributed by atoms with van der Waals surface area (Å²) in [5, 5.41) is 7.27. The second-order valence-corrected chi connectivity index (χ2v) is 6.12. The molecule has 1 atom stereocenters. The lowest BCUT2D eigenvalue weighted by atomic mass is 10.0. The fourth-order valence-corrected chi connectivity index (χ4v) is 3.11. The van der Waals surface area contributed by atoms with Gasteiger partial charge in [-0.2, -0.15) is 4.98 Å². The van der Waals surface area contributed by atoms with Crippen molar-refractivity contribution in [2.45, 2.75) is 25.8 Å². The molecule has 0 amide bonds. The molecule has 0 spiro atoms. The van der Waals surface area contributed by atoms with Crippen molar-refractivity contribution in [3.63, 3.8) is 0 Å². The first-order valence-corrected chi connectivity index (χ1v) is 7.96. The number of likely N-dealkylation sites (N-methyl/N-ethyl adjacent to an activating group) is 1. The highest BCUT2D eigenvalue weighted by Gasteiger charge is 2.19. The zero-order chi connectivity index (χ0) is 15.8. The predicted octanol–water partition coefficient (Wildman–Crippen LogP) is 3.46. The Morgan fingerprint density at radius 3 is 2.83 bits per heavy atom. The first-order chi connectivity index (χ1) is 11.2. The summed E-state index contributed by atoms with van der Waals surface area (Å²) in [4.78, 5) is 4.53. The molecule has 1 aliphatic carbocycles. The van der Waals surface area contributed by atoms with E-state index in [0.29, 0.717) is 11.9 Å². The lowest BCUT2D eigenvalue weighted by Gasteiger charge is -2.04. The molecule has 1 N–H and O–H groups in total. The molecule has 0 bridgehead atoms. The minimum atomic E-state index is 0.329. The Morgan fingerprint density at radius 1 is 1.13 bits per heavy atom. The average Bonchev–Trinajstić information content (AvgIpc) is 3.18. The largest absolute Gasteiger partial charge is 0.334 e. The van der Waals surface area contributed by atoms with E-state index in [1.807, 2.05) is 7.05 Å². The van der Waals surface area contributed by atoms with Crippen molar-refractivity contribution in [3.8, 4) is 22.6 Å². The Hall–Kier alpha value is -2.46. The van der Waals surface area contributed by atoms with E-state index >= 15 is 0 Å². The molecule has 0 fully saturated rings. The molecule has 4 heteroatoms. The van der Waals surface area contributed by atoms with Crippen molar-refractivity contribution in [2.24, 2.45) is 0 Å². The first kappa shape index (κ1) is 14.2. The molecule has 0 radical (unpaired) electrons. The zero-order valence-corrected chi connectivity index (χ0v) is 13.3. The van der Waals surface area contributed by atoms with Gasteiger partial charge in [-0.1, -0.05) is 35.5 Å². The van der Waals surface area contributed by atoms with Crippen LogP contribution in [0.3, 0.4) is 0 Å². The van der Waals surface area contributed by atoms with Gasteiger partial charge >= 0.3 is 0 Å². The highest BCUT2D eigenvalue weighted by atomic mass is 16.5. The van der Waals surface area contributed by atoms with Gasteiger partial charge in [-0.05, 0) is 54.8 Å². The van der Waals surface area contributed by atoms with Gasteiger partial charge in [-0.15, -0.1) is 0 Å². The number of rotatable bonds is 4. The molecule has 0 aliphatic heterocycles. The van der Waals surface area contributed by atoms with Crippen LogP contribution in [-0.2, 0) is 12.8 Å². The average molecular weight is 305 g/mol. The van der Waals surface area contributed by atoms with Gasteiger partial charge in [0.15, 0.2) is 5.82 Å². The molecule has 1 heterocycles. The number of nitrogens with one attached hydrogen (secondary N) is 1. The van der Waals surface area contributed by atoms with E-state index in [2.05, 4.69) is 64.8 Å². The van der Waals surface area contributed by atoms with E-state index < -0.39 is 0 Å². The van der Waals surface area contributed by atoms with Gasteiger partial charge in [-0.25, -0.2) is 0 Å². The van der Waals surface area contributed by atoms with Crippen LogP contribution in [0, 0.1) is 0 Å². The summed E-state index contributed by atoms with van der Waals surface area (Å²) in [6.45, 7) is 2.10. The van der Waals surface area contributed by atoms with E-state index in [1.54, 1.807) is 0 Å². The third-order valence-electron chi connectivity index (χ3n) is 4.49. The second kappa shape index (κ2) is 5.63. The number of nitrogens with zero attached hydrogens (tertiary/aromatic N) is 2. The van der Waals surface area contributed by atoms with Crippen molar-refractivity contribution in [2.75, 3.05) is 7.05 Å². The molecule has 0 saturated heterocycles. The summed E-state index contributed by atoms with van der Waals surface area (Å²) in [6.07, 6.45) is 1.73. The van der Waals surface area contributed by atoms with Crippen molar-refractivity contribution in [1.29, 1.82) is 0 Å². The molecular weight excluding hydrogens is 286 g/mol. The van der Waals surface area contributed by atoms with Crippen LogP contribution in [0.15, 0.2) is 47.0 Å². The number of aromatic nitrogens is 2. The fourth-order valence-electron chi connectivity index (χ4n) is 3.11. The maximum Gasteiger partial charge on any atom is 0.257 e. The lowest BCUT2D eigenvalue weighted by molar-refractivity contribution is 0.418. The maximum atomic E-state index is 5.44.